The van der Waals surface area contributed by atoms with Gasteiger partial charge in [0.25, 0.3) is 0 Å². The van der Waals surface area contributed by atoms with E-state index in [0.717, 1.165) is 33.2 Å². The number of hydrogen-bond donors (Lipinski definition) is 0. The second kappa shape index (κ2) is 8.96. The molecule has 0 fully saturated rings. The smallest absolute Gasteiger partial charge is 0.235 e. The van der Waals surface area contributed by atoms with Crippen molar-refractivity contribution in [3.63, 3.8) is 0 Å². The Bertz CT molecular complexity index is 2790. The molecule has 0 saturated carbocycles. The quantitative estimate of drug-likeness (QED) is 0.205. The maximum atomic E-state index is 5.36. The normalized spacial score (nSPS) is 12.1. The number of hydrogen-bond acceptors (Lipinski definition) is 3. The number of fused-ring (bicyclic) bond motifs is 9. The van der Waals surface area contributed by atoms with E-state index in [9.17, 15) is 0 Å². The zero-order valence-corrected chi connectivity index (χ0v) is 24.3. The number of rotatable bonds is 2. The molecule has 4 heteroatoms. The summed E-state index contributed by atoms with van der Waals surface area (Å²) in [4.78, 5) is 10.5. The molecule has 0 amide bonds. The van der Waals surface area contributed by atoms with E-state index in [4.69, 9.17) is 9.97 Å². The lowest BCUT2D eigenvalue weighted by molar-refractivity contribution is 1.01. The number of thiophene rings is 1. The van der Waals surface area contributed by atoms with Crippen molar-refractivity contribution in [3.8, 4) is 17.2 Å². The number of nitrogens with zero attached hydrogens (tertiary/aromatic N) is 3. The Hall–Kier alpha value is -5.58. The van der Waals surface area contributed by atoms with Crippen molar-refractivity contribution in [2.75, 3.05) is 0 Å². The molecule has 0 saturated heterocycles. The highest BCUT2D eigenvalue weighted by Crippen LogP contribution is 2.40. The number of para-hydroxylation sites is 2. The Kier molecular flexibility index (Phi) is 4.87. The molecule has 0 spiro atoms. The molecule has 0 unspecified atom stereocenters. The highest BCUT2D eigenvalue weighted by atomic mass is 32.1. The molecule has 10 aromatic rings. The van der Waals surface area contributed by atoms with Gasteiger partial charge in [-0.25, -0.2) is 9.97 Å². The van der Waals surface area contributed by atoms with Crippen LogP contribution in [-0.2, 0) is 0 Å². The molecule has 44 heavy (non-hydrogen) atoms. The number of aromatic nitrogens is 3. The van der Waals surface area contributed by atoms with Crippen molar-refractivity contribution in [1.29, 1.82) is 0 Å². The van der Waals surface area contributed by atoms with Crippen LogP contribution in [0.15, 0.2) is 140 Å². The molecule has 0 bridgehead atoms. The molecule has 204 valence electrons. The predicted molar refractivity (Wildman–Crippen MR) is 187 cm³/mol. The molecule has 3 aromatic heterocycles. The summed E-state index contributed by atoms with van der Waals surface area (Å²) >= 11 is 1.85. The van der Waals surface area contributed by atoms with Gasteiger partial charge in [0.1, 0.15) is 0 Å². The molecule has 0 aliphatic rings. The average Bonchev–Trinajstić information content (AvgIpc) is 3.59. The summed E-state index contributed by atoms with van der Waals surface area (Å²) in [7, 11) is 0. The van der Waals surface area contributed by atoms with E-state index in [2.05, 4.69) is 144 Å². The van der Waals surface area contributed by atoms with E-state index < -0.39 is 0 Å². The SMILES string of the molecule is c1ccc2cc3c(cc2c1)sc1cc(-c2nc(-n4c5ccccc5c5cc6ccccc6cc54)nc4ccccc24)ccc13. The van der Waals surface area contributed by atoms with Crippen LogP contribution in [0.25, 0.3) is 91.6 Å². The zero-order chi connectivity index (χ0) is 28.8. The van der Waals surface area contributed by atoms with Crippen molar-refractivity contribution in [1.82, 2.24) is 14.5 Å². The van der Waals surface area contributed by atoms with E-state index in [0.29, 0.717) is 5.95 Å². The fourth-order valence-corrected chi connectivity index (χ4v) is 8.04. The first-order valence-corrected chi connectivity index (χ1v) is 15.6. The first-order chi connectivity index (χ1) is 21.8. The lowest BCUT2D eigenvalue weighted by atomic mass is 10.0. The van der Waals surface area contributed by atoms with Crippen LogP contribution in [0.3, 0.4) is 0 Å². The predicted octanol–water partition coefficient (Wildman–Crippen LogP) is 11.1. The van der Waals surface area contributed by atoms with Gasteiger partial charge in [0.05, 0.1) is 22.2 Å². The van der Waals surface area contributed by atoms with Gasteiger partial charge in [-0.05, 0) is 64.0 Å². The van der Waals surface area contributed by atoms with Gasteiger partial charge in [-0.3, -0.25) is 4.57 Å². The summed E-state index contributed by atoms with van der Waals surface area (Å²) in [6.07, 6.45) is 0. The minimum atomic E-state index is 0.683. The molecule has 7 aromatic carbocycles. The lowest BCUT2D eigenvalue weighted by Crippen LogP contribution is -2.03. The average molecular weight is 578 g/mol. The Morgan fingerprint density at radius 2 is 1.07 bits per heavy atom. The van der Waals surface area contributed by atoms with Gasteiger partial charge in [-0.1, -0.05) is 97.1 Å². The summed E-state index contributed by atoms with van der Waals surface area (Å²) in [6.45, 7) is 0. The van der Waals surface area contributed by atoms with Crippen LogP contribution in [0, 0.1) is 0 Å². The Morgan fingerprint density at radius 1 is 0.432 bits per heavy atom. The molecular weight excluding hydrogens is 555 g/mol. The maximum absolute atomic E-state index is 5.36. The molecule has 0 aliphatic heterocycles. The summed E-state index contributed by atoms with van der Waals surface area (Å²) < 4.78 is 4.80. The first kappa shape index (κ1) is 23.9. The number of benzene rings is 7. The lowest BCUT2D eigenvalue weighted by Gasteiger charge is -2.12. The van der Waals surface area contributed by atoms with Crippen molar-refractivity contribution >= 4 is 85.8 Å². The molecule has 10 rings (SSSR count). The van der Waals surface area contributed by atoms with Crippen LogP contribution in [0.5, 0.6) is 0 Å². The molecule has 3 heterocycles. The minimum absolute atomic E-state index is 0.683. The Balaban J connectivity index is 1.25. The molecule has 0 N–H and O–H groups in total. The van der Waals surface area contributed by atoms with Crippen LogP contribution in [-0.4, -0.2) is 14.5 Å². The van der Waals surface area contributed by atoms with Gasteiger partial charge in [0.2, 0.25) is 5.95 Å². The standard InChI is InChI=1S/C40H23N3S/c1-3-11-26-21-36-32(19-24(26)9-1)29-13-6-8-16-35(29)43(36)40-41-34-15-7-5-14-31(34)39(42-40)28-17-18-30-33-20-25-10-2-4-12-27(25)22-38(33)44-37(30)23-28/h1-23H. The fourth-order valence-electron chi connectivity index (χ4n) is 6.86. The van der Waals surface area contributed by atoms with Crippen molar-refractivity contribution in [2.45, 2.75) is 0 Å². The molecule has 0 atom stereocenters. The maximum Gasteiger partial charge on any atom is 0.235 e. The molecule has 0 radical (unpaired) electrons. The van der Waals surface area contributed by atoms with Gasteiger partial charge in [-0.15, -0.1) is 11.3 Å². The third-order valence-corrected chi connectivity index (χ3v) is 10.1. The fraction of sp³-hybridized carbons (Fsp3) is 0. The third kappa shape index (κ3) is 3.43. The summed E-state index contributed by atoms with van der Waals surface area (Å²) in [5.41, 5.74) is 5.19. The summed E-state index contributed by atoms with van der Waals surface area (Å²) in [5, 5.41) is 11.0. The van der Waals surface area contributed by atoms with E-state index in [1.54, 1.807) is 0 Å². The van der Waals surface area contributed by atoms with Crippen LogP contribution in [0.4, 0.5) is 0 Å². The van der Waals surface area contributed by atoms with E-state index in [1.165, 1.54) is 52.5 Å². The van der Waals surface area contributed by atoms with Gasteiger partial charge in [0, 0.05) is 41.9 Å². The zero-order valence-electron chi connectivity index (χ0n) is 23.5. The van der Waals surface area contributed by atoms with E-state index >= 15 is 0 Å². The van der Waals surface area contributed by atoms with E-state index in [-0.39, 0.29) is 0 Å². The van der Waals surface area contributed by atoms with Crippen LogP contribution in [0.2, 0.25) is 0 Å². The van der Waals surface area contributed by atoms with Crippen molar-refractivity contribution in [2.24, 2.45) is 0 Å². The highest BCUT2D eigenvalue weighted by molar-refractivity contribution is 7.25. The van der Waals surface area contributed by atoms with Crippen LogP contribution in [0.1, 0.15) is 0 Å². The van der Waals surface area contributed by atoms with Gasteiger partial charge >= 0.3 is 0 Å². The summed E-state index contributed by atoms with van der Waals surface area (Å²) in [6, 6.07) is 50.1. The van der Waals surface area contributed by atoms with E-state index in [1.807, 2.05) is 11.3 Å². The minimum Gasteiger partial charge on any atom is -0.278 e. The molecule has 0 aliphatic carbocycles. The van der Waals surface area contributed by atoms with Gasteiger partial charge in [-0.2, -0.15) is 0 Å². The molecule has 3 nitrogen and oxygen atoms in total. The molecular formula is C40H23N3S. The Morgan fingerprint density at radius 3 is 1.89 bits per heavy atom. The third-order valence-electron chi connectivity index (χ3n) is 8.94. The Labute approximate surface area is 256 Å². The van der Waals surface area contributed by atoms with Crippen LogP contribution < -0.4 is 0 Å². The highest BCUT2D eigenvalue weighted by Gasteiger charge is 2.18. The van der Waals surface area contributed by atoms with Gasteiger partial charge < -0.3 is 0 Å². The first-order valence-electron chi connectivity index (χ1n) is 14.8. The van der Waals surface area contributed by atoms with Crippen LogP contribution >= 0.6 is 11.3 Å². The van der Waals surface area contributed by atoms with Crippen molar-refractivity contribution < 1.29 is 0 Å². The van der Waals surface area contributed by atoms with Crippen molar-refractivity contribution in [3.05, 3.63) is 140 Å². The second-order valence-corrected chi connectivity index (χ2v) is 12.6. The monoisotopic (exact) mass is 577 g/mol. The topological polar surface area (TPSA) is 30.7 Å². The van der Waals surface area contributed by atoms with Gasteiger partial charge in [0.15, 0.2) is 0 Å². The summed E-state index contributed by atoms with van der Waals surface area (Å²) in [5.74, 6) is 0.683. The largest absolute Gasteiger partial charge is 0.278 e. The second-order valence-electron chi connectivity index (χ2n) is 11.5.